The third-order valence-corrected chi connectivity index (χ3v) is 10.5. The molecule has 20 nitrogen and oxygen atoms in total. The molecule has 20 heteroatoms. The maximum atomic E-state index is 13.9. The standard InChI is InChI=1S/C45H69N7O13.C2H6/c1-9-39(57)62-26-29-10-12-31(20-28(29)11-13-33-22-32(53)23-35(65-33)43(60)61)49-36(54)24-48-42(59)40(27(2)3)50-41(58)34(52-37(55)14-15-38(52)56)21-30(46)25-51(47)17-19-64-45(7,8)16-18-63-44(4,5)6;1-2/h10,12,14-15,20,25,27,32-35,40,53H,9,11,13,16-19,21-24,26,46-47H2,1-8H3,(H,48,59)(H,49,54)(H,50,58)(H,60,61);1-2H3/b30-25-;. The van der Waals surface area contributed by atoms with Crippen molar-refractivity contribution in [1.29, 1.82) is 0 Å². The first-order valence-electron chi connectivity index (χ1n) is 22.9. The second-order valence-corrected chi connectivity index (χ2v) is 18.1. The summed E-state index contributed by atoms with van der Waals surface area (Å²) in [7, 11) is 0. The molecule has 1 aromatic rings. The van der Waals surface area contributed by atoms with Crippen LogP contribution >= 0.6 is 0 Å². The van der Waals surface area contributed by atoms with E-state index in [0.29, 0.717) is 42.7 Å². The van der Waals surface area contributed by atoms with E-state index in [1.54, 1.807) is 39.0 Å². The van der Waals surface area contributed by atoms with Gasteiger partial charge >= 0.3 is 11.9 Å². The summed E-state index contributed by atoms with van der Waals surface area (Å²) in [6, 6.07) is 2.27. The number of aliphatic hydroxyl groups is 1. The Balaban J connectivity index is 0.00000760. The van der Waals surface area contributed by atoms with E-state index >= 15 is 0 Å². The topological polar surface area (TPSA) is 291 Å². The number of hydrogen-bond donors (Lipinski definition) is 7. The summed E-state index contributed by atoms with van der Waals surface area (Å²) >= 11 is 0. The Kier molecular flexibility index (Phi) is 23.6. The minimum atomic E-state index is -1.46. The highest BCUT2D eigenvalue weighted by Crippen LogP contribution is 2.26. The summed E-state index contributed by atoms with van der Waals surface area (Å²) in [5.41, 5.74) is 7.26. The van der Waals surface area contributed by atoms with Gasteiger partial charge in [-0.2, -0.15) is 0 Å². The first-order valence-corrected chi connectivity index (χ1v) is 22.9. The summed E-state index contributed by atoms with van der Waals surface area (Å²) < 4.78 is 22.8. The van der Waals surface area contributed by atoms with Crippen molar-refractivity contribution < 1.29 is 62.7 Å². The second kappa shape index (κ2) is 27.4. The van der Waals surface area contributed by atoms with Crippen molar-refractivity contribution in [2.24, 2.45) is 17.5 Å². The van der Waals surface area contributed by atoms with Gasteiger partial charge in [0, 0.05) is 55.6 Å². The number of nitrogens with zero attached hydrogens (tertiary/aromatic N) is 2. The molecule has 2 heterocycles. The summed E-state index contributed by atoms with van der Waals surface area (Å²) in [5, 5.41) is 28.8. The van der Waals surface area contributed by atoms with Crippen LogP contribution in [-0.4, -0.2) is 129 Å². The van der Waals surface area contributed by atoms with Crippen LogP contribution in [0.15, 0.2) is 42.2 Å². The molecule has 67 heavy (non-hydrogen) atoms. The maximum absolute atomic E-state index is 13.9. The molecule has 1 saturated heterocycles. The lowest BCUT2D eigenvalue weighted by Crippen LogP contribution is -2.57. The Bertz CT molecular complexity index is 1890. The number of imide groups is 1. The summed E-state index contributed by atoms with van der Waals surface area (Å²) in [6.07, 6.45) is 2.27. The van der Waals surface area contributed by atoms with Gasteiger partial charge in [-0.1, -0.05) is 40.7 Å². The number of ether oxygens (including phenoxy) is 4. The molecule has 2 aliphatic rings. The lowest BCUT2D eigenvalue weighted by Gasteiger charge is -2.31. The third kappa shape index (κ3) is 20.6. The molecular weight excluding hydrogens is 871 g/mol. The molecule has 5 unspecified atom stereocenters. The van der Waals surface area contributed by atoms with Crippen LogP contribution in [0, 0.1) is 5.92 Å². The van der Waals surface area contributed by atoms with Gasteiger partial charge in [0.25, 0.3) is 11.8 Å². The molecule has 0 aromatic heterocycles. The van der Waals surface area contributed by atoms with Gasteiger partial charge in [-0.05, 0) is 89.5 Å². The van der Waals surface area contributed by atoms with Crippen molar-refractivity contribution in [2.75, 3.05) is 31.6 Å². The molecule has 5 amide bonds. The molecule has 0 aliphatic carbocycles. The van der Waals surface area contributed by atoms with Crippen LogP contribution in [0.1, 0.15) is 119 Å². The molecule has 0 bridgehead atoms. The van der Waals surface area contributed by atoms with E-state index in [0.717, 1.165) is 17.1 Å². The highest BCUT2D eigenvalue weighted by atomic mass is 16.5. The minimum absolute atomic E-state index is 0.0156. The van der Waals surface area contributed by atoms with Crippen molar-refractivity contribution in [3.05, 3.63) is 53.4 Å². The van der Waals surface area contributed by atoms with Crippen LogP contribution in [0.4, 0.5) is 5.69 Å². The van der Waals surface area contributed by atoms with Crippen LogP contribution in [0.2, 0.25) is 0 Å². The number of aliphatic carboxylic acids is 1. The van der Waals surface area contributed by atoms with E-state index < -0.39 is 89.9 Å². The molecule has 0 spiro atoms. The number of benzene rings is 1. The average molecular weight is 946 g/mol. The predicted molar refractivity (Wildman–Crippen MR) is 249 cm³/mol. The quantitative estimate of drug-likeness (QED) is 0.0321. The number of aliphatic hydroxyl groups excluding tert-OH is 1. The summed E-state index contributed by atoms with van der Waals surface area (Å²) in [6.45, 7) is 19.2. The fourth-order valence-electron chi connectivity index (χ4n) is 6.93. The number of nitrogens with one attached hydrogen (secondary N) is 3. The minimum Gasteiger partial charge on any atom is -0.479 e. The zero-order valence-electron chi connectivity index (χ0n) is 40.8. The van der Waals surface area contributed by atoms with Gasteiger partial charge in [-0.3, -0.25) is 33.7 Å². The highest BCUT2D eigenvalue weighted by Gasteiger charge is 2.38. The van der Waals surface area contributed by atoms with Crippen molar-refractivity contribution in [3.63, 3.8) is 0 Å². The Morgan fingerprint density at radius 3 is 2.24 bits per heavy atom. The molecule has 0 radical (unpaired) electrons. The predicted octanol–water partition coefficient (Wildman–Crippen LogP) is 2.95. The number of nitrogens with two attached hydrogens (primary N) is 2. The number of carboxylic acids is 1. The number of aryl methyl sites for hydroxylation is 1. The number of hydrazine groups is 1. The molecule has 3 rings (SSSR count). The number of hydrogen-bond acceptors (Lipinski definition) is 15. The summed E-state index contributed by atoms with van der Waals surface area (Å²) in [5.74, 6) is 0.410. The van der Waals surface area contributed by atoms with E-state index in [9.17, 15) is 43.8 Å². The average Bonchev–Trinajstić information content (AvgIpc) is 3.58. The van der Waals surface area contributed by atoms with E-state index in [2.05, 4.69) is 16.0 Å². The SMILES string of the molecule is CC.CCC(=O)OCc1ccc(NC(=O)CNC(=O)C(NC(=O)C(C/C(N)=C/N(N)CCOC(C)(C)CCOC(C)(C)C)N2C(=O)C=CC2=O)C(C)C)cc1CCC1CC(O)CC(C(=O)O)O1. The molecule has 0 saturated carbocycles. The first kappa shape index (κ1) is 57.7. The first-order chi connectivity index (χ1) is 31.4. The lowest BCUT2D eigenvalue weighted by molar-refractivity contribution is -0.166. The van der Waals surface area contributed by atoms with Crippen molar-refractivity contribution in [2.45, 2.75) is 162 Å². The van der Waals surface area contributed by atoms with Gasteiger partial charge in [0.2, 0.25) is 17.7 Å². The van der Waals surface area contributed by atoms with Gasteiger partial charge in [0.15, 0.2) is 6.10 Å². The largest absolute Gasteiger partial charge is 0.479 e. The molecule has 5 atom stereocenters. The number of carbonyl (C=O) groups excluding carboxylic acids is 6. The van der Waals surface area contributed by atoms with Crippen molar-refractivity contribution in [3.8, 4) is 0 Å². The molecule has 376 valence electrons. The lowest BCUT2D eigenvalue weighted by atomic mass is 9.94. The monoisotopic (exact) mass is 946 g/mol. The van der Waals surface area contributed by atoms with E-state index in [4.69, 9.17) is 30.5 Å². The Hall–Kier alpha value is -5.41. The number of carbonyl (C=O) groups is 7. The van der Waals surface area contributed by atoms with Gasteiger partial charge < -0.3 is 55.9 Å². The molecule has 9 N–H and O–H groups in total. The van der Waals surface area contributed by atoms with E-state index in [1.807, 2.05) is 48.5 Å². The van der Waals surface area contributed by atoms with Crippen LogP contribution in [0.25, 0.3) is 0 Å². The Morgan fingerprint density at radius 1 is 0.985 bits per heavy atom. The molecule has 2 aliphatic heterocycles. The number of amides is 5. The van der Waals surface area contributed by atoms with Gasteiger partial charge in [0.1, 0.15) is 18.7 Å². The van der Waals surface area contributed by atoms with Crippen molar-refractivity contribution >= 4 is 47.2 Å². The third-order valence-electron chi connectivity index (χ3n) is 10.5. The molecule has 1 fully saturated rings. The maximum Gasteiger partial charge on any atom is 0.332 e. The zero-order chi connectivity index (χ0) is 50.6. The molecular formula is C47H75N7O13. The normalized spacial score (nSPS) is 18.4. The number of rotatable bonds is 25. The van der Waals surface area contributed by atoms with Gasteiger partial charge in [-0.15, -0.1) is 0 Å². The van der Waals surface area contributed by atoms with Gasteiger partial charge in [0.05, 0.1) is 43.1 Å². The fourth-order valence-corrected chi connectivity index (χ4v) is 6.93. The fraction of sp³-hybridized carbons (Fsp3) is 0.638. The van der Waals surface area contributed by atoms with Crippen LogP contribution < -0.4 is 27.5 Å². The van der Waals surface area contributed by atoms with E-state index in [1.165, 1.54) is 11.2 Å². The number of carboxylic acid groups (broad SMARTS) is 1. The van der Waals surface area contributed by atoms with Gasteiger partial charge in [-0.25, -0.2) is 10.6 Å². The zero-order valence-corrected chi connectivity index (χ0v) is 40.8. The smallest absolute Gasteiger partial charge is 0.332 e. The van der Waals surface area contributed by atoms with Crippen LogP contribution in [0.3, 0.4) is 0 Å². The van der Waals surface area contributed by atoms with E-state index in [-0.39, 0.29) is 56.7 Å². The number of anilines is 1. The summed E-state index contributed by atoms with van der Waals surface area (Å²) in [4.78, 5) is 90.3. The molecule has 1 aromatic carbocycles. The Labute approximate surface area is 394 Å². The highest BCUT2D eigenvalue weighted by molar-refractivity contribution is 6.15. The van der Waals surface area contributed by atoms with Crippen LogP contribution in [0.5, 0.6) is 0 Å². The Morgan fingerprint density at radius 2 is 1.64 bits per heavy atom. The number of esters is 1. The van der Waals surface area contributed by atoms with Crippen LogP contribution in [-0.2, 0) is 65.5 Å². The second-order valence-electron chi connectivity index (χ2n) is 18.1. The van der Waals surface area contributed by atoms with Crippen molar-refractivity contribution in [1.82, 2.24) is 20.5 Å².